The van der Waals surface area contributed by atoms with E-state index >= 15 is 0 Å². The van der Waals surface area contributed by atoms with E-state index in [1.54, 1.807) is 10.9 Å². The van der Waals surface area contributed by atoms with Crippen molar-refractivity contribution in [1.29, 1.82) is 0 Å². The van der Waals surface area contributed by atoms with Gasteiger partial charge in [0, 0.05) is 40.7 Å². The number of hydrogen-bond acceptors (Lipinski definition) is 5. The van der Waals surface area contributed by atoms with E-state index < -0.39 is 18.2 Å². The van der Waals surface area contributed by atoms with Crippen LogP contribution in [0.1, 0.15) is 23.8 Å². The van der Waals surface area contributed by atoms with Crippen LogP contribution in [0.5, 0.6) is 0 Å². The van der Waals surface area contributed by atoms with E-state index in [9.17, 15) is 18.3 Å². The molecular formula is C20H17F3N4OS. The molecule has 1 atom stereocenters. The van der Waals surface area contributed by atoms with E-state index in [-0.39, 0.29) is 18.8 Å². The van der Waals surface area contributed by atoms with Crippen LogP contribution in [0.4, 0.5) is 13.2 Å². The molecule has 1 saturated carbocycles. The Morgan fingerprint density at radius 1 is 1.21 bits per heavy atom. The van der Waals surface area contributed by atoms with Crippen molar-refractivity contribution in [2.45, 2.75) is 25.1 Å². The van der Waals surface area contributed by atoms with Gasteiger partial charge < -0.3 is 5.11 Å². The number of aromatic nitrogens is 4. The fourth-order valence-corrected chi connectivity index (χ4v) is 4.95. The Hall–Kier alpha value is -2.52. The van der Waals surface area contributed by atoms with Crippen LogP contribution in [-0.2, 0) is 7.05 Å². The van der Waals surface area contributed by atoms with Gasteiger partial charge in [0.25, 0.3) is 0 Å². The van der Waals surface area contributed by atoms with E-state index in [2.05, 4.69) is 15.1 Å². The van der Waals surface area contributed by atoms with Crippen LogP contribution in [0.25, 0.3) is 32.5 Å². The molecule has 1 aliphatic carbocycles. The molecule has 0 saturated heterocycles. The number of rotatable bonds is 3. The molecule has 1 fully saturated rings. The van der Waals surface area contributed by atoms with Crippen LogP contribution >= 0.6 is 11.3 Å². The highest BCUT2D eigenvalue weighted by atomic mass is 32.1. The van der Waals surface area contributed by atoms with Gasteiger partial charge in [-0.2, -0.15) is 18.3 Å². The molecule has 0 spiro atoms. The first-order chi connectivity index (χ1) is 13.8. The molecule has 4 heterocycles. The molecule has 1 aliphatic rings. The van der Waals surface area contributed by atoms with Crippen molar-refractivity contribution in [3.05, 3.63) is 41.5 Å². The number of fused-ring (bicyclic) bond motifs is 2. The number of hydrogen-bond donors (Lipinski definition) is 1. The molecule has 0 radical (unpaired) electrons. The van der Waals surface area contributed by atoms with Gasteiger partial charge in [-0.3, -0.25) is 4.68 Å². The molecule has 29 heavy (non-hydrogen) atoms. The molecule has 0 aliphatic heterocycles. The van der Waals surface area contributed by atoms with Crippen LogP contribution in [0.2, 0.25) is 0 Å². The normalized spacial score (nSPS) is 20.9. The summed E-state index contributed by atoms with van der Waals surface area (Å²) in [6.45, 7) is 0. The minimum absolute atomic E-state index is 0.0195. The summed E-state index contributed by atoms with van der Waals surface area (Å²) in [7, 11) is 1.84. The lowest BCUT2D eigenvalue weighted by atomic mass is 9.71. The lowest BCUT2D eigenvalue weighted by Gasteiger charge is -2.38. The van der Waals surface area contributed by atoms with Gasteiger partial charge in [-0.1, -0.05) is 0 Å². The van der Waals surface area contributed by atoms with Crippen molar-refractivity contribution < 1.29 is 18.3 Å². The molecule has 150 valence electrons. The van der Waals surface area contributed by atoms with E-state index in [0.717, 1.165) is 26.9 Å². The summed E-state index contributed by atoms with van der Waals surface area (Å²) >= 11 is 1.33. The van der Waals surface area contributed by atoms with Crippen LogP contribution in [0.3, 0.4) is 0 Å². The van der Waals surface area contributed by atoms with Crippen LogP contribution in [0, 0.1) is 11.8 Å². The third kappa shape index (κ3) is 3.28. The second kappa shape index (κ2) is 6.50. The molecule has 0 unspecified atom stereocenters. The van der Waals surface area contributed by atoms with E-state index in [1.165, 1.54) is 11.3 Å². The minimum Gasteiger partial charge on any atom is -0.387 e. The standard InChI is InChI=1S/C20H17F3N4OS/c1-27-9-13-4-12(8-24-18(13)26-27)15-3-2-10-7-16(29-19(10)25-15)17(28)11-5-14(6-11)20(21,22)23/h2-4,7-9,11,14,17,28H,5-6H2,1H3/t11-,14+,17-/m1/s1. The second-order valence-corrected chi connectivity index (χ2v) is 8.66. The summed E-state index contributed by atoms with van der Waals surface area (Å²) in [6, 6.07) is 7.59. The fraction of sp³-hybridized carbons (Fsp3) is 0.350. The number of nitrogens with zero attached hydrogens (tertiary/aromatic N) is 4. The summed E-state index contributed by atoms with van der Waals surface area (Å²) in [4.78, 5) is 10.4. The Labute approximate surface area is 167 Å². The first-order valence-electron chi connectivity index (χ1n) is 9.23. The van der Waals surface area contributed by atoms with Gasteiger partial charge in [0.05, 0.1) is 17.7 Å². The van der Waals surface area contributed by atoms with Crippen molar-refractivity contribution >= 4 is 32.6 Å². The molecule has 0 aromatic carbocycles. The zero-order valence-electron chi connectivity index (χ0n) is 15.4. The first kappa shape index (κ1) is 18.5. The monoisotopic (exact) mass is 418 g/mol. The van der Waals surface area contributed by atoms with Gasteiger partial charge >= 0.3 is 6.18 Å². The summed E-state index contributed by atoms with van der Waals surface area (Å²) in [5, 5.41) is 16.6. The molecule has 4 aromatic heterocycles. The zero-order chi connectivity index (χ0) is 20.3. The lowest BCUT2D eigenvalue weighted by molar-refractivity contribution is -0.212. The Kier molecular flexibility index (Phi) is 4.15. The molecule has 9 heteroatoms. The summed E-state index contributed by atoms with van der Waals surface area (Å²) in [5.41, 5.74) is 2.27. The average Bonchev–Trinajstić information content (AvgIpc) is 3.19. The van der Waals surface area contributed by atoms with Crippen molar-refractivity contribution in [3.63, 3.8) is 0 Å². The topological polar surface area (TPSA) is 63.8 Å². The highest BCUT2D eigenvalue weighted by Crippen LogP contribution is 2.50. The van der Waals surface area contributed by atoms with Crippen molar-refractivity contribution in [3.8, 4) is 11.3 Å². The van der Waals surface area contributed by atoms with Gasteiger partial charge in [-0.25, -0.2) is 9.97 Å². The summed E-state index contributed by atoms with van der Waals surface area (Å²) in [5.74, 6) is -1.65. The Morgan fingerprint density at radius 2 is 2.00 bits per heavy atom. The van der Waals surface area contributed by atoms with Crippen LogP contribution < -0.4 is 0 Å². The molecule has 4 aromatic rings. The fourth-order valence-electron chi connectivity index (χ4n) is 3.84. The average molecular weight is 418 g/mol. The molecule has 0 bridgehead atoms. The van der Waals surface area contributed by atoms with Gasteiger partial charge in [-0.05, 0) is 43.0 Å². The van der Waals surface area contributed by atoms with Gasteiger partial charge in [-0.15, -0.1) is 11.3 Å². The second-order valence-electron chi connectivity index (χ2n) is 7.59. The number of aliphatic hydroxyl groups excluding tert-OH is 1. The number of aliphatic hydroxyl groups is 1. The van der Waals surface area contributed by atoms with E-state index in [4.69, 9.17) is 0 Å². The zero-order valence-corrected chi connectivity index (χ0v) is 16.2. The number of alkyl halides is 3. The van der Waals surface area contributed by atoms with Crippen LogP contribution in [0.15, 0.2) is 36.7 Å². The highest BCUT2D eigenvalue weighted by molar-refractivity contribution is 7.18. The molecule has 1 N–H and O–H groups in total. The lowest BCUT2D eigenvalue weighted by Crippen LogP contribution is -2.38. The van der Waals surface area contributed by atoms with Crippen molar-refractivity contribution in [2.24, 2.45) is 18.9 Å². The molecule has 0 amide bonds. The maximum Gasteiger partial charge on any atom is 0.391 e. The van der Waals surface area contributed by atoms with Gasteiger partial charge in [0.15, 0.2) is 5.65 Å². The first-order valence-corrected chi connectivity index (χ1v) is 10.0. The van der Waals surface area contributed by atoms with E-state index in [1.807, 2.05) is 37.5 Å². The van der Waals surface area contributed by atoms with Crippen LogP contribution in [-0.4, -0.2) is 31.0 Å². The molecule has 5 nitrogen and oxygen atoms in total. The third-order valence-corrected chi connectivity index (χ3v) is 6.66. The number of halogens is 3. The largest absolute Gasteiger partial charge is 0.391 e. The Balaban J connectivity index is 1.41. The number of aryl methyl sites for hydroxylation is 1. The quantitative estimate of drug-likeness (QED) is 0.516. The Bertz CT molecular complexity index is 1210. The maximum atomic E-state index is 12.7. The number of pyridine rings is 2. The van der Waals surface area contributed by atoms with Crippen molar-refractivity contribution in [2.75, 3.05) is 0 Å². The smallest absolute Gasteiger partial charge is 0.387 e. The minimum atomic E-state index is -4.17. The summed E-state index contributed by atoms with van der Waals surface area (Å²) in [6.07, 6.45) is -1.49. The molecule has 5 rings (SSSR count). The predicted octanol–water partition coefficient (Wildman–Crippen LogP) is 4.87. The Morgan fingerprint density at radius 3 is 2.76 bits per heavy atom. The van der Waals surface area contributed by atoms with Crippen molar-refractivity contribution in [1.82, 2.24) is 19.7 Å². The third-order valence-electron chi connectivity index (χ3n) is 5.55. The SMILES string of the molecule is Cn1cc2cc(-c3ccc4cc([C@H](O)[C@H]5C[C@@H](C(F)(F)F)C5)sc4n3)cnc2n1. The summed E-state index contributed by atoms with van der Waals surface area (Å²) < 4.78 is 39.8. The molecular weight excluding hydrogens is 401 g/mol. The predicted molar refractivity (Wildman–Crippen MR) is 104 cm³/mol. The van der Waals surface area contributed by atoms with Gasteiger partial charge in [0.2, 0.25) is 0 Å². The number of thiophene rings is 1. The van der Waals surface area contributed by atoms with Gasteiger partial charge in [0.1, 0.15) is 4.83 Å². The highest BCUT2D eigenvalue weighted by Gasteiger charge is 2.50. The van der Waals surface area contributed by atoms with E-state index in [0.29, 0.717) is 10.5 Å². The maximum absolute atomic E-state index is 12.7.